The van der Waals surface area contributed by atoms with Crippen LogP contribution in [0.5, 0.6) is 0 Å². The molecular formula is C38H78FO3P. The molecule has 0 aromatic rings. The Labute approximate surface area is 269 Å². The third kappa shape index (κ3) is 28.1. The third-order valence-electron chi connectivity index (χ3n) is 9.95. The van der Waals surface area contributed by atoms with Gasteiger partial charge in [0.15, 0.2) is 0 Å². The largest absolute Gasteiger partial charge is 0.359 e. The Balaban J connectivity index is 4.96. The SMILES string of the molecule is CCCCCCCCCCC(CCCCCCCCCC)(CCCCCCCCCC)CCCCCCC(F)P(=O)(O)O. The van der Waals surface area contributed by atoms with Crippen molar-refractivity contribution in [3.05, 3.63) is 0 Å². The smallest absolute Gasteiger partial charge is 0.322 e. The molecule has 0 bridgehead atoms. The van der Waals surface area contributed by atoms with Gasteiger partial charge in [0.1, 0.15) is 0 Å². The van der Waals surface area contributed by atoms with Crippen LogP contribution in [0, 0.1) is 5.41 Å². The molecule has 0 amide bonds. The molecule has 0 saturated carbocycles. The molecule has 0 aliphatic carbocycles. The first-order chi connectivity index (χ1) is 20.8. The molecule has 0 aromatic heterocycles. The third-order valence-corrected chi connectivity index (χ3v) is 10.9. The Kier molecular flexibility index (Phi) is 30.8. The lowest BCUT2D eigenvalue weighted by Crippen LogP contribution is -2.21. The van der Waals surface area contributed by atoms with Crippen LogP contribution < -0.4 is 0 Å². The minimum Gasteiger partial charge on any atom is -0.322 e. The molecule has 0 saturated heterocycles. The highest BCUT2D eigenvalue weighted by Crippen LogP contribution is 2.45. The van der Waals surface area contributed by atoms with Crippen LogP contribution in [0.25, 0.3) is 0 Å². The number of hydrogen-bond donors (Lipinski definition) is 2. The fourth-order valence-corrected chi connectivity index (χ4v) is 7.51. The van der Waals surface area contributed by atoms with E-state index in [1.54, 1.807) is 0 Å². The summed E-state index contributed by atoms with van der Waals surface area (Å²) in [7, 11) is -4.59. The maximum atomic E-state index is 13.7. The molecule has 260 valence electrons. The fraction of sp³-hybridized carbons (Fsp3) is 1.00. The molecule has 1 unspecified atom stereocenters. The number of unbranched alkanes of at least 4 members (excludes halogenated alkanes) is 24. The molecule has 5 heteroatoms. The summed E-state index contributed by atoms with van der Waals surface area (Å²) in [5.41, 5.74) is 0.459. The van der Waals surface area contributed by atoms with Crippen molar-refractivity contribution in [2.24, 2.45) is 5.41 Å². The summed E-state index contributed by atoms with van der Waals surface area (Å²) in [4.78, 5) is 18.1. The predicted octanol–water partition coefficient (Wildman–Crippen LogP) is 14.4. The van der Waals surface area contributed by atoms with E-state index < -0.39 is 13.5 Å². The summed E-state index contributed by atoms with van der Waals surface area (Å²) in [6, 6.07) is 0. The Morgan fingerprint density at radius 3 is 0.930 bits per heavy atom. The van der Waals surface area contributed by atoms with E-state index in [4.69, 9.17) is 9.79 Å². The Morgan fingerprint density at radius 1 is 0.442 bits per heavy atom. The molecule has 0 radical (unpaired) electrons. The van der Waals surface area contributed by atoms with Crippen molar-refractivity contribution in [1.29, 1.82) is 0 Å². The normalized spacial score (nSPS) is 13.2. The molecule has 0 aromatic carbocycles. The van der Waals surface area contributed by atoms with Crippen LogP contribution in [-0.2, 0) is 4.57 Å². The lowest BCUT2D eigenvalue weighted by molar-refractivity contribution is 0.171. The predicted molar refractivity (Wildman–Crippen MR) is 189 cm³/mol. The second-order valence-corrected chi connectivity index (χ2v) is 15.9. The van der Waals surface area contributed by atoms with E-state index in [0.29, 0.717) is 11.8 Å². The van der Waals surface area contributed by atoms with E-state index in [0.717, 1.165) is 12.8 Å². The van der Waals surface area contributed by atoms with Gasteiger partial charge >= 0.3 is 7.60 Å². The van der Waals surface area contributed by atoms with Gasteiger partial charge in [0.05, 0.1) is 0 Å². The Morgan fingerprint density at radius 2 is 0.674 bits per heavy atom. The number of rotatable bonds is 35. The second-order valence-electron chi connectivity index (χ2n) is 14.2. The molecule has 43 heavy (non-hydrogen) atoms. The molecule has 0 aliphatic heterocycles. The molecule has 0 heterocycles. The van der Waals surface area contributed by atoms with Gasteiger partial charge in [0, 0.05) is 0 Å². The molecular weight excluding hydrogens is 554 g/mol. The second kappa shape index (κ2) is 30.7. The van der Waals surface area contributed by atoms with Crippen LogP contribution >= 0.6 is 7.60 Å². The summed E-state index contributed by atoms with van der Waals surface area (Å²) in [6.45, 7) is 6.87. The van der Waals surface area contributed by atoms with Crippen molar-refractivity contribution in [3.8, 4) is 0 Å². The van der Waals surface area contributed by atoms with Crippen molar-refractivity contribution < 1.29 is 18.7 Å². The molecule has 2 N–H and O–H groups in total. The number of hydrogen-bond acceptors (Lipinski definition) is 1. The van der Waals surface area contributed by atoms with E-state index in [-0.39, 0.29) is 6.42 Å². The van der Waals surface area contributed by atoms with Gasteiger partial charge in [-0.2, -0.15) is 0 Å². The minimum atomic E-state index is -4.59. The first kappa shape index (κ1) is 43.1. The zero-order valence-corrected chi connectivity index (χ0v) is 30.4. The quantitative estimate of drug-likeness (QED) is 0.0540. The number of alkyl halides is 1. The highest BCUT2D eigenvalue weighted by molar-refractivity contribution is 7.52. The summed E-state index contributed by atoms with van der Waals surface area (Å²) in [5, 5.41) is 0. The summed E-state index contributed by atoms with van der Waals surface area (Å²) >= 11 is 0. The first-order valence-electron chi connectivity index (χ1n) is 19.5. The van der Waals surface area contributed by atoms with E-state index >= 15 is 0 Å². The maximum Gasteiger partial charge on any atom is 0.359 e. The minimum absolute atomic E-state index is 0.00973. The molecule has 0 fully saturated rings. The standard InChI is InChI=1S/C38H78FO3P/c1-4-7-10-13-16-19-23-28-33-38(34-29-24-20-17-14-11-8-5-2,35-30-25-21-18-15-12-9-6-3)36-31-26-22-27-32-37(39)43(40,41)42/h37H,4-36H2,1-3H3,(H2,40,41,42). The topological polar surface area (TPSA) is 57.5 Å². The summed E-state index contributed by atoms with van der Waals surface area (Å²) < 4.78 is 24.9. The van der Waals surface area contributed by atoms with E-state index in [2.05, 4.69) is 20.8 Å². The summed E-state index contributed by atoms with van der Waals surface area (Å²) in [6.07, 6.45) is 42.2. The van der Waals surface area contributed by atoms with Crippen molar-refractivity contribution in [2.75, 3.05) is 0 Å². The van der Waals surface area contributed by atoms with Crippen LogP contribution in [-0.4, -0.2) is 15.7 Å². The van der Waals surface area contributed by atoms with Crippen molar-refractivity contribution >= 4 is 7.60 Å². The maximum absolute atomic E-state index is 13.7. The zero-order valence-electron chi connectivity index (χ0n) is 29.5. The molecule has 1 atom stereocenters. The Hall–Kier alpha value is 0.0800. The zero-order chi connectivity index (χ0) is 31.9. The van der Waals surface area contributed by atoms with E-state index in [1.165, 1.54) is 186 Å². The van der Waals surface area contributed by atoms with Gasteiger partial charge in [0.25, 0.3) is 0 Å². The van der Waals surface area contributed by atoms with Gasteiger partial charge < -0.3 is 9.79 Å². The molecule has 0 spiro atoms. The van der Waals surface area contributed by atoms with Gasteiger partial charge in [-0.25, -0.2) is 4.39 Å². The lowest BCUT2D eigenvalue weighted by Gasteiger charge is -2.35. The highest BCUT2D eigenvalue weighted by atomic mass is 31.2. The van der Waals surface area contributed by atoms with Crippen LogP contribution in [0.1, 0.15) is 233 Å². The first-order valence-corrected chi connectivity index (χ1v) is 21.2. The van der Waals surface area contributed by atoms with Gasteiger partial charge in [-0.05, 0) is 43.9 Å². The summed E-state index contributed by atoms with van der Waals surface area (Å²) in [5.74, 6) is -1.99. The van der Waals surface area contributed by atoms with Crippen LogP contribution in [0.4, 0.5) is 4.39 Å². The van der Waals surface area contributed by atoms with Crippen molar-refractivity contribution in [2.45, 2.75) is 239 Å². The average molecular weight is 633 g/mol. The van der Waals surface area contributed by atoms with Crippen LogP contribution in [0.2, 0.25) is 0 Å². The fourth-order valence-electron chi connectivity index (χ4n) is 6.99. The molecule has 0 aliphatic rings. The molecule has 3 nitrogen and oxygen atoms in total. The number of halogens is 1. The van der Waals surface area contributed by atoms with Gasteiger partial charge in [0.2, 0.25) is 5.91 Å². The van der Waals surface area contributed by atoms with Crippen molar-refractivity contribution in [1.82, 2.24) is 0 Å². The average Bonchev–Trinajstić information content (AvgIpc) is 2.98. The van der Waals surface area contributed by atoms with E-state index in [1.807, 2.05) is 0 Å². The van der Waals surface area contributed by atoms with Gasteiger partial charge in [-0.1, -0.05) is 194 Å². The monoisotopic (exact) mass is 633 g/mol. The van der Waals surface area contributed by atoms with Crippen molar-refractivity contribution in [3.63, 3.8) is 0 Å². The van der Waals surface area contributed by atoms with Crippen LogP contribution in [0.3, 0.4) is 0 Å². The van der Waals surface area contributed by atoms with Gasteiger partial charge in [-0.3, -0.25) is 4.57 Å². The van der Waals surface area contributed by atoms with Gasteiger partial charge in [-0.15, -0.1) is 0 Å². The van der Waals surface area contributed by atoms with Crippen LogP contribution in [0.15, 0.2) is 0 Å². The molecule has 0 rings (SSSR count). The Bertz CT molecular complexity index is 558. The highest BCUT2D eigenvalue weighted by Gasteiger charge is 2.29. The van der Waals surface area contributed by atoms with E-state index in [9.17, 15) is 8.96 Å². The lowest BCUT2D eigenvalue weighted by atomic mass is 9.70.